The zero-order valence-corrected chi connectivity index (χ0v) is 11.1. The molecule has 0 bridgehead atoms. The van der Waals surface area contributed by atoms with E-state index in [0.717, 1.165) is 6.92 Å². The molecule has 0 unspecified atom stereocenters. The molecule has 22 heavy (non-hydrogen) atoms. The molecule has 0 nitrogen and oxygen atoms in total. The van der Waals surface area contributed by atoms with Gasteiger partial charge in [0.1, 0.15) is 0 Å². The highest BCUT2D eigenvalue weighted by molar-refractivity contribution is 6.31. The highest BCUT2D eigenvalue weighted by atomic mass is 35.5. The van der Waals surface area contributed by atoms with Crippen molar-refractivity contribution < 1.29 is 43.9 Å². The van der Waals surface area contributed by atoms with E-state index in [9.17, 15) is 43.9 Å². The molecule has 0 spiro atoms. The van der Waals surface area contributed by atoms with E-state index in [1.54, 1.807) is 0 Å². The third kappa shape index (κ3) is 2.97. The molecule has 0 aliphatic heterocycles. The van der Waals surface area contributed by atoms with Crippen LogP contribution in [0.3, 0.4) is 0 Å². The van der Waals surface area contributed by atoms with E-state index >= 15 is 0 Å². The molecule has 0 radical (unpaired) electrons. The molecule has 0 saturated carbocycles. The Morgan fingerprint density at radius 1 is 0.773 bits per heavy atom. The highest BCUT2D eigenvalue weighted by Gasteiger charge is 2.73. The average molecular weight is 363 g/mol. The maximum absolute atomic E-state index is 13.7. The predicted molar refractivity (Wildman–Crippen MR) is 56.1 cm³/mol. The van der Waals surface area contributed by atoms with E-state index in [-0.39, 0.29) is 6.07 Å². The van der Waals surface area contributed by atoms with E-state index in [2.05, 4.69) is 0 Å². The maximum atomic E-state index is 13.7. The number of rotatable bonds is 1. The van der Waals surface area contributed by atoms with Gasteiger partial charge in [-0.1, -0.05) is 11.6 Å². The summed E-state index contributed by atoms with van der Waals surface area (Å²) < 4.78 is 127. The van der Waals surface area contributed by atoms with Crippen LogP contribution in [0.4, 0.5) is 43.9 Å². The van der Waals surface area contributed by atoms with E-state index in [4.69, 9.17) is 11.6 Å². The van der Waals surface area contributed by atoms with Crippen LogP contribution in [0, 0.1) is 6.92 Å². The van der Waals surface area contributed by atoms with Gasteiger partial charge in [0.15, 0.2) is 0 Å². The number of hydrogen-bond acceptors (Lipinski definition) is 0. The molecule has 1 aromatic carbocycles. The topological polar surface area (TPSA) is 0 Å². The van der Waals surface area contributed by atoms with E-state index in [1.165, 1.54) is 0 Å². The van der Waals surface area contributed by atoms with Gasteiger partial charge in [-0.3, -0.25) is 0 Å². The van der Waals surface area contributed by atoms with Crippen molar-refractivity contribution in [2.45, 2.75) is 31.1 Å². The summed E-state index contributed by atoms with van der Waals surface area (Å²) in [6, 6.07) is -0.657. The first kappa shape index (κ1) is 18.9. The van der Waals surface area contributed by atoms with Gasteiger partial charge in [0.2, 0.25) is 0 Å². The van der Waals surface area contributed by atoms with Gasteiger partial charge in [-0.05, 0) is 24.6 Å². The van der Waals surface area contributed by atoms with Gasteiger partial charge in [-0.2, -0.15) is 39.5 Å². The van der Waals surface area contributed by atoms with Gasteiger partial charge in [0.05, 0.1) is 5.56 Å². The van der Waals surface area contributed by atoms with Crippen LogP contribution in [0.1, 0.15) is 16.7 Å². The van der Waals surface area contributed by atoms with Crippen LogP contribution in [0.25, 0.3) is 0 Å². The Morgan fingerprint density at radius 3 is 1.50 bits per heavy atom. The molecule has 0 N–H and O–H groups in total. The van der Waals surface area contributed by atoms with Crippen molar-refractivity contribution in [2.75, 3.05) is 0 Å². The average Bonchev–Trinajstić information content (AvgIpc) is 2.26. The zero-order valence-electron chi connectivity index (χ0n) is 10.3. The summed E-state index contributed by atoms with van der Waals surface area (Å²) in [7, 11) is 0. The van der Waals surface area contributed by atoms with E-state index in [1.807, 2.05) is 0 Å². The number of benzene rings is 1. The highest BCUT2D eigenvalue weighted by Crippen LogP contribution is 2.54. The second-order valence-electron chi connectivity index (χ2n) is 4.28. The van der Waals surface area contributed by atoms with Gasteiger partial charge in [0.25, 0.3) is 0 Å². The molecular weight excluding hydrogens is 358 g/mol. The first-order valence-corrected chi connectivity index (χ1v) is 5.61. The third-order valence-corrected chi connectivity index (χ3v) is 3.22. The Labute approximate surface area is 121 Å². The Balaban J connectivity index is 3.78. The molecule has 1 aromatic rings. The van der Waals surface area contributed by atoms with Crippen LogP contribution in [0.5, 0.6) is 0 Å². The normalized spacial score (nSPS) is 14.4. The van der Waals surface area contributed by atoms with Crippen LogP contribution in [-0.4, -0.2) is 12.4 Å². The van der Waals surface area contributed by atoms with Crippen molar-refractivity contribution in [3.8, 4) is 0 Å². The number of alkyl halides is 10. The molecule has 0 aliphatic rings. The summed E-state index contributed by atoms with van der Waals surface area (Å²) in [6.45, 7) is 0.732. The lowest BCUT2D eigenvalue weighted by molar-refractivity contribution is -0.348. The van der Waals surface area contributed by atoms with E-state index in [0.29, 0.717) is 0 Å². The Morgan fingerprint density at radius 2 is 1.18 bits per heavy atom. The molecular formula is C11H5ClF10. The lowest BCUT2D eigenvalue weighted by atomic mass is 9.91. The fraction of sp³-hybridized carbons (Fsp3) is 0.455. The molecule has 1 rings (SSSR count). The van der Waals surface area contributed by atoms with Gasteiger partial charge in [0, 0.05) is 10.6 Å². The van der Waals surface area contributed by atoms with Crippen LogP contribution >= 0.6 is 11.6 Å². The molecule has 0 aliphatic carbocycles. The molecule has 0 amide bonds. The Hall–Kier alpha value is -1.19. The smallest absolute Gasteiger partial charge is 0.218 e. The number of halogens is 11. The monoisotopic (exact) mass is 362 g/mol. The van der Waals surface area contributed by atoms with Crippen molar-refractivity contribution in [1.82, 2.24) is 0 Å². The summed E-state index contributed by atoms with van der Waals surface area (Å²) in [4.78, 5) is 0. The molecule has 0 atom stereocenters. The SMILES string of the molecule is Cc1c(Cl)cc(C(F)(C(F)(F)F)C(F)(F)F)cc1C(F)(F)F. The summed E-state index contributed by atoms with van der Waals surface area (Å²) in [5.74, 6) is 0. The minimum absolute atomic E-state index is 0.118. The predicted octanol–water partition coefficient (Wildman–Crippen LogP) is 5.96. The molecule has 0 fully saturated rings. The Kier molecular flexibility index (Phi) is 4.43. The molecule has 0 heterocycles. The first-order chi connectivity index (χ1) is 9.53. The second-order valence-corrected chi connectivity index (χ2v) is 4.69. The fourth-order valence-corrected chi connectivity index (χ4v) is 1.88. The van der Waals surface area contributed by atoms with Crippen LogP contribution in [-0.2, 0) is 11.8 Å². The van der Waals surface area contributed by atoms with Crippen LogP contribution in [0.15, 0.2) is 12.1 Å². The molecule has 126 valence electrons. The van der Waals surface area contributed by atoms with Gasteiger partial charge in [-0.25, -0.2) is 4.39 Å². The lowest BCUT2D eigenvalue weighted by Gasteiger charge is -2.31. The molecule has 0 aromatic heterocycles. The first-order valence-electron chi connectivity index (χ1n) is 5.23. The second kappa shape index (κ2) is 5.17. The van der Waals surface area contributed by atoms with Gasteiger partial charge >= 0.3 is 24.2 Å². The fourth-order valence-electron chi connectivity index (χ4n) is 1.66. The van der Waals surface area contributed by atoms with Crippen LogP contribution in [0.2, 0.25) is 5.02 Å². The lowest BCUT2D eigenvalue weighted by Crippen LogP contribution is -2.50. The zero-order chi connectivity index (χ0) is 17.7. The number of hydrogen-bond donors (Lipinski definition) is 0. The van der Waals surface area contributed by atoms with Crippen molar-refractivity contribution in [1.29, 1.82) is 0 Å². The van der Waals surface area contributed by atoms with E-state index < -0.39 is 52.0 Å². The maximum Gasteiger partial charge on any atom is 0.435 e. The molecule has 11 heteroatoms. The minimum Gasteiger partial charge on any atom is -0.218 e. The van der Waals surface area contributed by atoms with Gasteiger partial charge in [-0.15, -0.1) is 0 Å². The largest absolute Gasteiger partial charge is 0.435 e. The third-order valence-electron chi connectivity index (χ3n) is 2.83. The Bertz CT molecular complexity index is 552. The molecule has 0 saturated heterocycles. The summed E-state index contributed by atoms with van der Waals surface area (Å²) >= 11 is 5.23. The minimum atomic E-state index is -6.52. The summed E-state index contributed by atoms with van der Waals surface area (Å²) in [5.41, 5.74) is -11.0. The summed E-state index contributed by atoms with van der Waals surface area (Å²) in [6.07, 6.45) is -18.3. The van der Waals surface area contributed by atoms with Crippen molar-refractivity contribution in [3.05, 3.63) is 33.8 Å². The van der Waals surface area contributed by atoms with Crippen LogP contribution < -0.4 is 0 Å². The van der Waals surface area contributed by atoms with Gasteiger partial charge < -0.3 is 0 Å². The summed E-state index contributed by atoms with van der Waals surface area (Å²) in [5, 5.41) is -1.07. The van der Waals surface area contributed by atoms with Crippen molar-refractivity contribution in [2.24, 2.45) is 0 Å². The standard InChI is InChI=1S/C11H5ClF10/c1-4-6(9(14,15)16)2-5(3-7(4)12)8(13,10(17,18)19)11(20,21)22/h2-3H,1H3. The van der Waals surface area contributed by atoms with Crippen molar-refractivity contribution in [3.63, 3.8) is 0 Å². The van der Waals surface area contributed by atoms with Crippen molar-refractivity contribution >= 4 is 11.6 Å². The quantitative estimate of drug-likeness (QED) is 0.541.